The van der Waals surface area contributed by atoms with E-state index in [0.717, 1.165) is 25.7 Å². The number of rotatable bonds is 6. The molecule has 3 rings (SSSR count). The summed E-state index contributed by atoms with van der Waals surface area (Å²) in [4.78, 5) is 26.8. The Bertz CT molecular complexity index is 606. The minimum Gasteiger partial charge on any atom is -0.466 e. The quantitative estimate of drug-likeness (QED) is 0.733. The molecule has 0 atom stereocenters. The molecule has 1 heterocycles. The smallest absolute Gasteiger partial charge is 0.324 e. The zero-order valence-corrected chi connectivity index (χ0v) is 16.9. The highest BCUT2D eigenvalue weighted by atomic mass is 32.1. The van der Waals surface area contributed by atoms with Crippen LogP contribution >= 0.6 is 11.3 Å². The fourth-order valence-corrected chi connectivity index (χ4v) is 4.93. The van der Waals surface area contributed by atoms with Gasteiger partial charge in [-0.1, -0.05) is 49.9 Å². The first kappa shape index (κ1) is 20.0. The number of hydrogen-bond acceptors (Lipinski definition) is 6. The third kappa shape index (κ3) is 5.64. The van der Waals surface area contributed by atoms with Crippen molar-refractivity contribution in [2.75, 3.05) is 11.9 Å². The van der Waals surface area contributed by atoms with E-state index >= 15 is 0 Å². The maximum Gasteiger partial charge on any atom is 0.324 e. The van der Waals surface area contributed by atoms with Crippen LogP contribution in [0.3, 0.4) is 0 Å². The average molecular weight is 395 g/mol. The zero-order chi connectivity index (χ0) is 19.1. The van der Waals surface area contributed by atoms with Gasteiger partial charge in [0.1, 0.15) is 5.01 Å². The van der Waals surface area contributed by atoms with Gasteiger partial charge >= 0.3 is 12.0 Å². The Morgan fingerprint density at radius 3 is 2.19 bits per heavy atom. The lowest BCUT2D eigenvalue weighted by Gasteiger charge is -2.41. The summed E-state index contributed by atoms with van der Waals surface area (Å²) >= 11 is 1.24. The van der Waals surface area contributed by atoms with Gasteiger partial charge in [-0.25, -0.2) is 4.79 Å². The summed E-state index contributed by atoms with van der Waals surface area (Å²) in [5.41, 5.74) is 0. The monoisotopic (exact) mass is 394 g/mol. The van der Waals surface area contributed by atoms with Crippen LogP contribution in [0.5, 0.6) is 0 Å². The molecule has 0 spiro atoms. The zero-order valence-electron chi connectivity index (χ0n) is 16.1. The second-order valence-electron chi connectivity index (χ2n) is 7.40. The highest BCUT2D eigenvalue weighted by molar-refractivity contribution is 7.15. The standard InChI is InChI=1S/C19H30N4O3S/c1-2-26-17(24)13-16-21-22-18(27-16)20-19(25)23(14-9-5-3-6-10-14)15-11-7-4-8-12-15/h14-15H,2-13H2,1H3,(H,20,22,25). The van der Waals surface area contributed by atoms with Gasteiger partial charge in [-0.05, 0) is 32.6 Å². The molecule has 7 nitrogen and oxygen atoms in total. The molecule has 0 aliphatic heterocycles. The molecule has 1 aromatic heterocycles. The molecule has 0 unspecified atom stereocenters. The van der Waals surface area contributed by atoms with Gasteiger partial charge in [0.05, 0.1) is 13.0 Å². The minimum atomic E-state index is -0.322. The maximum atomic E-state index is 13.1. The lowest BCUT2D eigenvalue weighted by molar-refractivity contribution is -0.142. The molecule has 0 aromatic carbocycles. The predicted molar refractivity (Wildman–Crippen MR) is 105 cm³/mol. The van der Waals surface area contributed by atoms with Crippen molar-refractivity contribution in [2.45, 2.75) is 89.6 Å². The molecule has 27 heavy (non-hydrogen) atoms. The fraction of sp³-hybridized carbons (Fsp3) is 0.789. The molecular weight excluding hydrogens is 364 g/mol. The van der Waals surface area contributed by atoms with Gasteiger partial charge in [-0.2, -0.15) is 0 Å². The molecule has 2 saturated carbocycles. The number of ether oxygens (including phenoxy) is 1. The molecule has 2 fully saturated rings. The van der Waals surface area contributed by atoms with Gasteiger partial charge in [0.25, 0.3) is 0 Å². The summed E-state index contributed by atoms with van der Waals surface area (Å²) in [7, 11) is 0. The van der Waals surface area contributed by atoms with E-state index in [9.17, 15) is 9.59 Å². The Hall–Kier alpha value is -1.70. The summed E-state index contributed by atoms with van der Waals surface area (Å²) in [6, 6.07) is 0.593. The number of hydrogen-bond donors (Lipinski definition) is 1. The molecule has 2 aliphatic rings. The largest absolute Gasteiger partial charge is 0.466 e. The minimum absolute atomic E-state index is 0.0624. The van der Waals surface area contributed by atoms with Crippen molar-refractivity contribution >= 4 is 28.5 Å². The molecule has 2 amide bonds. The summed E-state index contributed by atoms with van der Waals surface area (Å²) < 4.78 is 4.94. The van der Waals surface area contributed by atoms with E-state index in [-0.39, 0.29) is 18.4 Å². The lowest BCUT2D eigenvalue weighted by atomic mass is 9.89. The van der Waals surface area contributed by atoms with Crippen molar-refractivity contribution in [2.24, 2.45) is 0 Å². The van der Waals surface area contributed by atoms with E-state index < -0.39 is 0 Å². The third-order valence-corrected chi connectivity index (χ3v) is 6.29. The van der Waals surface area contributed by atoms with Crippen LogP contribution in [0.4, 0.5) is 9.93 Å². The topological polar surface area (TPSA) is 84.4 Å². The first-order chi connectivity index (χ1) is 13.2. The number of carbonyl (C=O) groups is 2. The van der Waals surface area contributed by atoms with Crippen LogP contribution in [0.15, 0.2) is 0 Å². The molecule has 0 saturated heterocycles. The van der Waals surface area contributed by atoms with Crippen LogP contribution < -0.4 is 5.32 Å². The van der Waals surface area contributed by atoms with Gasteiger partial charge in [-0.3, -0.25) is 10.1 Å². The van der Waals surface area contributed by atoms with Crippen molar-refractivity contribution in [1.29, 1.82) is 0 Å². The van der Waals surface area contributed by atoms with Crippen molar-refractivity contribution < 1.29 is 14.3 Å². The summed E-state index contributed by atoms with van der Waals surface area (Å²) in [6.45, 7) is 2.12. The van der Waals surface area contributed by atoms with Crippen molar-refractivity contribution in [3.63, 3.8) is 0 Å². The van der Waals surface area contributed by atoms with Crippen LogP contribution in [0.25, 0.3) is 0 Å². The van der Waals surface area contributed by atoms with Crippen LogP contribution in [-0.2, 0) is 16.0 Å². The number of esters is 1. The van der Waals surface area contributed by atoms with E-state index in [4.69, 9.17) is 4.74 Å². The second kappa shape index (κ2) is 10.0. The van der Waals surface area contributed by atoms with Crippen LogP contribution in [0, 0.1) is 0 Å². The number of aromatic nitrogens is 2. The molecule has 0 radical (unpaired) electrons. The SMILES string of the molecule is CCOC(=O)Cc1nnc(NC(=O)N(C2CCCCC2)C2CCCCC2)s1. The van der Waals surface area contributed by atoms with Crippen LogP contribution in [0.1, 0.15) is 76.1 Å². The van der Waals surface area contributed by atoms with Crippen molar-refractivity contribution in [3.8, 4) is 0 Å². The van der Waals surface area contributed by atoms with Crippen LogP contribution in [0.2, 0.25) is 0 Å². The van der Waals surface area contributed by atoms with E-state index in [1.54, 1.807) is 6.92 Å². The molecule has 150 valence electrons. The molecule has 2 aliphatic carbocycles. The second-order valence-corrected chi connectivity index (χ2v) is 8.47. The highest BCUT2D eigenvalue weighted by Gasteiger charge is 2.33. The number of urea groups is 1. The maximum absolute atomic E-state index is 13.1. The van der Waals surface area contributed by atoms with E-state index in [1.165, 1.54) is 49.9 Å². The summed E-state index contributed by atoms with van der Waals surface area (Å²) in [6.07, 6.45) is 11.8. The Balaban J connectivity index is 1.64. The fourth-order valence-electron chi connectivity index (χ4n) is 4.22. The Kier molecular flexibility index (Phi) is 7.43. The molecule has 1 aromatic rings. The first-order valence-corrected chi connectivity index (χ1v) is 11.1. The Morgan fingerprint density at radius 2 is 1.63 bits per heavy atom. The average Bonchev–Trinajstić information content (AvgIpc) is 3.10. The highest BCUT2D eigenvalue weighted by Crippen LogP contribution is 2.31. The predicted octanol–water partition coefficient (Wildman–Crippen LogP) is 4.14. The number of nitrogens with zero attached hydrogens (tertiary/aromatic N) is 3. The Labute approximate surface area is 164 Å². The first-order valence-electron chi connectivity index (χ1n) is 10.2. The molecule has 1 N–H and O–H groups in total. The molecule has 8 heteroatoms. The summed E-state index contributed by atoms with van der Waals surface area (Å²) in [5.74, 6) is -0.322. The van der Waals surface area contributed by atoms with Crippen molar-refractivity contribution in [3.05, 3.63) is 5.01 Å². The normalized spacial score (nSPS) is 18.9. The lowest BCUT2D eigenvalue weighted by Crippen LogP contribution is -2.50. The van der Waals surface area contributed by atoms with E-state index in [1.807, 2.05) is 0 Å². The van der Waals surface area contributed by atoms with E-state index in [0.29, 0.717) is 28.8 Å². The number of anilines is 1. The number of nitrogens with one attached hydrogen (secondary N) is 1. The van der Waals surface area contributed by atoms with Gasteiger partial charge in [0, 0.05) is 12.1 Å². The number of carbonyl (C=O) groups excluding carboxylic acids is 2. The van der Waals surface area contributed by atoms with E-state index in [2.05, 4.69) is 20.4 Å². The van der Waals surface area contributed by atoms with Gasteiger partial charge < -0.3 is 9.64 Å². The van der Waals surface area contributed by atoms with Gasteiger partial charge in [-0.15, -0.1) is 10.2 Å². The molecular formula is C19H30N4O3S. The Morgan fingerprint density at radius 1 is 1.04 bits per heavy atom. The van der Waals surface area contributed by atoms with Crippen LogP contribution in [-0.4, -0.2) is 45.8 Å². The third-order valence-electron chi connectivity index (χ3n) is 5.45. The molecule has 0 bridgehead atoms. The summed E-state index contributed by atoms with van der Waals surface area (Å²) in [5, 5.41) is 12.0. The number of amides is 2. The van der Waals surface area contributed by atoms with Gasteiger partial charge in [0.15, 0.2) is 0 Å². The van der Waals surface area contributed by atoms with Crippen molar-refractivity contribution in [1.82, 2.24) is 15.1 Å². The van der Waals surface area contributed by atoms with Gasteiger partial charge in [0.2, 0.25) is 5.13 Å².